The predicted molar refractivity (Wildman–Crippen MR) is 233 cm³/mol. The molecule has 2 aromatic heterocycles. The molecule has 9 aromatic rings. The first kappa shape index (κ1) is 35.6. The summed E-state index contributed by atoms with van der Waals surface area (Å²) in [4.78, 5) is 6.65. The van der Waals surface area contributed by atoms with Gasteiger partial charge in [0.1, 0.15) is 11.7 Å². The van der Waals surface area contributed by atoms with Gasteiger partial charge in [0.15, 0.2) is 23.3 Å². The zero-order valence-electron chi connectivity index (χ0n) is 31.6. The average Bonchev–Trinajstić information content (AvgIpc) is 3.96. The Hall–Kier alpha value is -8.04. The zero-order valence-corrected chi connectivity index (χ0v) is 31.6. The van der Waals surface area contributed by atoms with Crippen molar-refractivity contribution in [3.63, 3.8) is 0 Å². The Morgan fingerprint density at radius 3 is 1.21 bits per heavy atom. The SMILES string of the molecule is C/N=C(/c1ccccc1)N(C(=N)c1cc(-c2nnc(-c3ccccc3)n2-c2ccccc2)cc(-c2nnc(-c3ccccc3)n2-c2ccccc2)c1)c1ccccc1. The average molecular weight is 752 g/mol. The monoisotopic (exact) mass is 751 g/mol. The van der Waals surface area contributed by atoms with Crippen molar-refractivity contribution in [1.82, 2.24) is 29.5 Å². The molecule has 0 bridgehead atoms. The normalized spacial score (nSPS) is 11.4. The molecule has 9 heteroatoms. The molecule has 0 aliphatic carbocycles. The third-order valence-electron chi connectivity index (χ3n) is 9.84. The molecule has 0 aliphatic rings. The molecular weight excluding hydrogens is 715 g/mol. The summed E-state index contributed by atoms with van der Waals surface area (Å²) in [5.74, 6) is 3.43. The molecule has 0 saturated carbocycles. The lowest BCUT2D eigenvalue weighted by Crippen LogP contribution is -2.37. The molecule has 0 spiro atoms. The first-order valence-corrected chi connectivity index (χ1v) is 18.9. The van der Waals surface area contributed by atoms with Gasteiger partial charge in [-0.25, -0.2) is 0 Å². The topological polar surface area (TPSA) is 101 Å². The van der Waals surface area contributed by atoms with Crippen molar-refractivity contribution in [2.75, 3.05) is 11.9 Å². The zero-order chi connectivity index (χ0) is 39.3. The van der Waals surface area contributed by atoms with Gasteiger partial charge in [-0.15, -0.1) is 20.4 Å². The van der Waals surface area contributed by atoms with Crippen LogP contribution in [0.2, 0.25) is 0 Å². The minimum Gasteiger partial charge on any atom is -0.284 e. The summed E-state index contributed by atoms with van der Waals surface area (Å²) < 4.78 is 4.13. The van der Waals surface area contributed by atoms with Crippen LogP contribution in [0.5, 0.6) is 0 Å². The van der Waals surface area contributed by atoms with Crippen LogP contribution < -0.4 is 4.90 Å². The second kappa shape index (κ2) is 16.0. The molecule has 278 valence electrons. The van der Waals surface area contributed by atoms with E-state index in [4.69, 9.17) is 25.4 Å². The van der Waals surface area contributed by atoms with Crippen LogP contribution in [-0.4, -0.2) is 48.2 Å². The molecule has 9 rings (SSSR count). The smallest absolute Gasteiger partial charge is 0.168 e. The van der Waals surface area contributed by atoms with Gasteiger partial charge >= 0.3 is 0 Å². The second-order valence-corrected chi connectivity index (χ2v) is 13.5. The molecule has 2 heterocycles. The number of nitrogens with zero attached hydrogens (tertiary/aromatic N) is 8. The molecule has 0 saturated heterocycles. The van der Waals surface area contributed by atoms with E-state index in [2.05, 4.69) is 15.2 Å². The maximum absolute atomic E-state index is 10.1. The van der Waals surface area contributed by atoms with Crippen molar-refractivity contribution in [2.24, 2.45) is 4.99 Å². The Bertz CT molecular complexity index is 2700. The first-order chi connectivity index (χ1) is 28.7. The number of nitrogens with one attached hydrogen (secondary N) is 1. The molecular formula is C49H37N9. The lowest BCUT2D eigenvalue weighted by Gasteiger charge is -2.27. The van der Waals surface area contributed by atoms with Crippen molar-refractivity contribution in [3.05, 3.63) is 211 Å². The van der Waals surface area contributed by atoms with Gasteiger partial charge < -0.3 is 0 Å². The number of hydrogen-bond donors (Lipinski definition) is 1. The molecule has 0 aliphatic heterocycles. The van der Waals surface area contributed by atoms with E-state index in [9.17, 15) is 5.41 Å². The van der Waals surface area contributed by atoms with Gasteiger partial charge in [0.05, 0.1) is 0 Å². The fourth-order valence-electron chi connectivity index (χ4n) is 7.17. The van der Waals surface area contributed by atoms with Gasteiger partial charge in [-0.1, -0.05) is 146 Å². The van der Waals surface area contributed by atoms with E-state index in [0.717, 1.165) is 44.9 Å². The largest absolute Gasteiger partial charge is 0.284 e. The highest BCUT2D eigenvalue weighted by Gasteiger charge is 2.26. The van der Waals surface area contributed by atoms with E-state index < -0.39 is 0 Å². The third kappa shape index (κ3) is 6.88. The molecule has 1 N–H and O–H groups in total. The number of rotatable bonds is 9. The second-order valence-electron chi connectivity index (χ2n) is 13.5. The summed E-state index contributed by atoms with van der Waals surface area (Å²) in [6.45, 7) is 0. The minimum absolute atomic E-state index is 0.210. The third-order valence-corrected chi connectivity index (χ3v) is 9.84. The summed E-state index contributed by atoms with van der Waals surface area (Å²) in [6.07, 6.45) is 0. The fraction of sp³-hybridized carbons (Fsp3) is 0.0204. The van der Waals surface area contributed by atoms with E-state index >= 15 is 0 Å². The predicted octanol–water partition coefficient (Wildman–Crippen LogP) is 10.4. The van der Waals surface area contributed by atoms with Crippen LogP contribution in [0.1, 0.15) is 11.1 Å². The Labute approximate surface area is 336 Å². The molecule has 0 atom stereocenters. The van der Waals surface area contributed by atoms with Crippen LogP contribution in [0, 0.1) is 5.41 Å². The van der Waals surface area contributed by atoms with Crippen molar-refractivity contribution in [3.8, 4) is 56.9 Å². The standard InChI is InChI=1S/C49H37N9/c1-51-45(35-20-8-2-9-21-35)56(41-26-14-5-15-27-41)44(50)38-32-39(48-54-52-46(36-22-10-3-11-23-36)57(48)42-28-16-6-17-29-42)34-40(33-38)49-55-53-47(37-24-12-4-13-25-37)58(49)43-30-18-7-19-31-43/h2-34,50H,1H3/b50-44?,51-45-. The first-order valence-electron chi connectivity index (χ1n) is 18.9. The Morgan fingerprint density at radius 2 is 0.793 bits per heavy atom. The minimum atomic E-state index is 0.210. The van der Waals surface area contributed by atoms with Crippen LogP contribution in [-0.2, 0) is 0 Å². The van der Waals surface area contributed by atoms with Crippen LogP contribution in [0.15, 0.2) is 205 Å². The van der Waals surface area contributed by atoms with E-state index in [1.54, 1.807) is 7.05 Å². The maximum atomic E-state index is 10.1. The van der Waals surface area contributed by atoms with E-state index in [-0.39, 0.29) is 5.84 Å². The fourth-order valence-corrected chi connectivity index (χ4v) is 7.17. The van der Waals surface area contributed by atoms with Gasteiger partial charge in [0.25, 0.3) is 0 Å². The number of para-hydroxylation sites is 3. The number of aliphatic imine (C=N–C) groups is 1. The molecule has 0 amide bonds. The van der Waals surface area contributed by atoms with Crippen LogP contribution in [0.3, 0.4) is 0 Å². The summed E-state index contributed by atoms with van der Waals surface area (Å²) in [5, 5.41) is 29.4. The lowest BCUT2D eigenvalue weighted by atomic mass is 10.0. The van der Waals surface area contributed by atoms with Gasteiger partial charge in [0.2, 0.25) is 0 Å². The molecule has 0 unspecified atom stereocenters. The molecule has 7 aromatic carbocycles. The summed E-state index contributed by atoms with van der Waals surface area (Å²) >= 11 is 0. The summed E-state index contributed by atoms with van der Waals surface area (Å²) in [7, 11) is 1.76. The Kier molecular flexibility index (Phi) is 9.82. The Balaban J connectivity index is 1.31. The quantitative estimate of drug-likeness (QED) is 0.117. The summed E-state index contributed by atoms with van der Waals surface area (Å²) in [6, 6.07) is 66.2. The van der Waals surface area contributed by atoms with Crippen molar-refractivity contribution in [1.29, 1.82) is 5.41 Å². The van der Waals surface area contributed by atoms with E-state index in [1.807, 2.05) is 199 Å². The maximum Gasteiger partial charge on any atom is 0.168 e. The summed E-state index contributed by atoms with van der Waals surface area (Å²) in [5.41, 5.74) is 7.41. The molecule has 0 fully saturated rings. The van der Waals surface area contributed by atoms with Crippen molar-refractivity contribution < 1.29 is 0 Å². The molecule has 9 nitrogen and oxygen atoms in total. The molecule has 58 heavy (non-hydrogen) atoms. The van der Waals surface area contributed by atoms with Gasteiger partial charge in [0, 0.05) is 57.5 Å². The van der Waals surface area contributed by atoms with Gasteiger partial charge in [-0.3, -0.25) is 24.4 Å². The van der Waals surface area contributed by atoms with E-state index in [1.165, 1.54) is 0 Å². The van der Waals surface area contributed by atoms with Gasteiger partial charge in [-0.05, 0) is 54.6 Å². The highest BCUT2D eigenvalue weighted by molar-refractivity contribution is 6.28. The van der Waals surface area contributed by atoms with Crippen molar-refractivity contribution >= 4 is 17.4 Å². The Morgan fingerprint density at radius 1 is 0.431 bits per heavy atom. The van der Waals surface area contributed by atoms with E-state index in [0.29, 0.717) is 34.7 Å². The number of hydrogen-bond acceptors (Lipinski definition) is 6. The number of aromatic nitrogens is 6. The lowest BCUT2D eigenvalue weighted by molar-refractivity contribution is 1.06. The van der Waals surface area contributed by atoms with Gasteiger partial charge in [-0.2, -0.15) is 0 Å². The number of amidine groups is 2. The highest BCUT2D eigenvalue weighted by Crippen LogP contribution is 2.35. The highest BCUT2D eigenvalue weighted by atomic mass is 15.3. The number of benzene rings is 7. The van der Waals surface area contributed by atoms with Crippen LogP contribution in [0.25, 0.3) is 56.9 Å². The van der Waals surface area contributed by atoms with Crippen molar-refractivity contribution in [2.45, 2.75) is 0 Å². The van der Waals surface area contributed by atoms with Crippen LogP contribution in [0.4, 0.5) is 5.69 Å². The number of anilines is 1. The van der Waals surface area contributed by atoms with Crippen LogP contribution >= 0.6 is 0 Å². The molecule has 0 radical (unpaired) electrons.